The molecule has 0 aliphatic carbocycles. The Balaban J connectivity index is 1.63. The van der Waals surface area contributed by atoms with Gasteiger partial charge in [0.2, 0.25) is 0 Å². The number of nitrogens with two attached hydrogens (primary N) is 1. The van der Waals surface area contributed by atoms with Crippen LogP contribution in [0.15, 0.2) is 12.3 Å². The van der Waals surface area contributed by atoms with Crippen molar-refractivity contribution < 1.29 is 9.47 Å². The van der Waals surface area contributed by atoms with Gasteiger partial charge in [-0.05, 0) is 52.0 Å². The molecule has 9 nitrogen and oxygen atoms in total. The Morgan fingerprint density at radius 1 is 1.31 bits per heavy atom. The number of nitrogens with one attached hydrogen (secondary N) is 1. The second-order valence-corrected chi connectivity index (χ2v) is 10.5. The lowest BCUT2D eigenvalue weighted by Gasteiger charge is -2.30. The number of imidazole rings is 1. The van der Waals surface area contributed by atoms with Crippen molar-refractivity contribution in [2.75, 3.05) is 36.5 Å². The molecule has 3 aromatic heterocycles. The van der Waals surface area contributed by atoms with Gasteiger partial charge < -0.3 is 25.1 Å². The van der Waals surface area contributed by atoms with Crippen LogP contribution in [-0.4, -0.2) is 56.1 Å². The van der Waals surface area contributed by atoms with Crippen LogP contribution in [0.4, 0.5) is 11.6 Å². The van der Waals surface area contributed by atoms with Crippen molar-refractivity contribution in [2.45, 2.75) is 45.9 Å². The number of fused-ring (bicyclic) bond motifs is 3. The minimum atomic E-state index is -0.480. The first-order chi connectivity index (χ1) is 15.3. The molecule has 0 bridgehead atoms. The van der Waals surface area contributed by atoms with Crippen LogP contribution in [0.25, 0.3) is 22.6 Å². The van der Waals surface area contributed by atoms with Crippen molar-refractivity contribution in [1.29, 1.82) is 0 Å². The largest absolute Gasteiger partial charge is 0.487 e. The van der Waals surface area contributed by atoms with Crippen molar-refractivity contribution in [1.82, 2.24) is 24.5 Å². The van der Waals surface area contributed by atoms with Crippen LogP contribution in [0.1, 0.15) is 33.5 Å². The van der Waals surface area contributed by atoms with Gasteiger partial charge in [-0.15, -0.1) is 8.58 Å². The maximum Gasteiger partial charge on any atom is 0.166 e. The van der Waals surface area contributed by atoms with Crippen LogP contribution in [0.2, 0.25) is 0 Å². The molecule has 5 heterocycles. The van der Waals surface area contributed by atoms with Gasteiger partial charge in [0.05, 0.1) is 12.7 Å². The van der Waals surface area contributed by atoms with Gasteiger partial charge in [0.25, 0.3) is 0 Å². The quantitative estimate of drug-likeness (QED) is 0.545. The normalized spacial score (nSPS) is 20.3. The van der Waals surface area contributed by atoms with E-state index in [1.54, 1.807) is 6.20 Å². The number of hydrogen-bond donors (Lipinski definition) is 2. The van der Waals surface area contributed by atoms with E-state index < -0.39 is 5.60 Å². The molecular weight excluding hydrogens is 425 g/mol. The summed E-state index contributed by atoms with van der Waals surface area (Å²) >= 11 is 0. The smallest absolute Gasteiger partial charge is 0.166 e. The topological polar surface area (TPSA) is 113 Å². The van der Waals surface area contributed by atoms with Crippen molar-refractivity contribution in [3.8, 4) is 17.1 Å². The Hall–Kier alpha value is -2.51. The molecule has 0 unspecified atom stereocenters. The zero-order valence-corrected chi connectivity index (χ0v) is 20.0. The molecule has 5 rings (SSSR count). The summed E-state index contributed by atoms with van der Waals surface area (Å²) in [6.07, 6.45) is 4.25. The second-order valence-electron chi connectivity index (χ2n) is 9.19. The first kappa shape index (κ1) is 21.3. The first-order valence-corrected chi connectivity index (χ1v) is 12.5. The SMILES string of the molecule is CC(C)Oc1cc(-c2nc(NCC3CPC3)c3nc4n(c3n2)CCOC4(C)C)cnc1N. The Bertz CT molecular complexity index is 1160. The highest BCUT2D eigenvalue weighted by Gasteiger charge is 2.34. The molecule has 3 N–H and O–H groups in total. The lowest BCUT2D eigenvalue weighted by molar-refractivity contribution is -0.0530. The molecule has 0 amide bonds. The van der Waals surface area contributed by atoms with E-state index in [1.165, 1.54) is 12.3 Å². The van der Waals surface area contributed by atoms with E-state index in [2.05, 4.69) is 14.9 Å². The van der Waals surface area contributed by atoms with E-state index in [0.717, 1.165) is 43.5 Å². The monoisotopic (exact) mass is 455 g/mol. The summed E-state index contributed by atoms with van der Waals surface area (Å²) in [7, 11) is 1.08. The van der Waals surface area contributed by atoms with Crippen LogP contribution in [0.5, 0.6) is 5.75 Å². The number of nitrogens with zero attached hydrogens (tertiary/aromatic N) is 5. The summed E-state index contributed by atoms with van der Waals surface area (Å²) in [5.74, 6) is 3.79. The standard InChI is InChI=1S/C22H30N7O2P/c1-12(2)31-15-7-14(9-24-17(15)23)18-27-19(25-8-13-10-32-11-13)16-20(28-18)29-5-6-30-22(3,4)21(29)26-16/h7,9,12-13,32H,5-6,8,10-11H2,1-4H3,(H2,23,24)(H,25,27,28). The Kier molecular flexibility index (Phi) is 5.42. The highest BCUT2D eigenvalue weighted by atomic mass is 31.1. The molecule has 0 atom stereocenters. The summed E-state index contributed by atoms with van der Waals surface area (Å²) in [5.41, 5.74) is 7.89. The molecule has 0 spiro atoms. The van der Waals surface area contributed by atoms with Gasteiger partial charge >= 0.3 is 0 Å². The van der Waals surface area contributed by atoms with Crippen LogP contribution in [-0.2, 0) is 16.9 Å². The van der Waals surface area contributed by atoms with Gasteiger partial charge in [-0.3, -0.25) is 0 Å². The minimum absolute atomic E-state index is 0.0118. The maximum atomic E-state index is 6.03. The molecule has 10 heteroatoms. The van der Waals surface area contributed by atoms with Gasteiger partial charge in [-0.25, -0.2) is 19.9 Å². The molecule has 0 aromatic carbocycles. The van der Waals surface area contributed by atoms with E-state index >= 15 is 0 Å². The molecule has 2 aliphatic rings. The van der Waals surface area contributed by atoms with Crippen LogP contribution < -0.4 is 15.8 Å². The van der Waals surface area contributed by atoms with Gasteiger partial charge in [0.15, 0.2) is 34.4 Å². The van der Waals surface area contributed by atoms with E-state index in [4.69, 9.17) is 30.2 Å². The number of hydrogen-bond acceptors (Lipinski definition) is 8. The highest BCUT2D eigenvalue weighted by molar-refractivity contribution is 7.39. The predicted molar refractivity (Wildman–Crippen MR) is 128 cm³/mol. The highest BCUT2D eigenvalue weighted by Crippen LogP contribution is 2.36. The lowest BCUT2D eigenvalue weighted by atomic mass is 10.1. The molecular formula is C22H30N7O2P. The third kappa shape index (κ3) is 3.88. The van der Waals surface area contributed by atoms with E-state index in [1.807, 2.05) is 33.8 Å². The molecule has 1 saturated heterocycles. The van der Waals surface area contributed by atoms with Gasteiger partial charge in [-0.1, -0.05) is 0 Å². The first-order valence-electron chi connectivity index (χ1n) is 11.1. The van der Waals surface area contributed by atoms with Gasteiger partial charge in [0, 0.05) is 24.8 Å². The summed E-state index contributed by atoms with van der Waals surface area (Å²) in [6.45, 7) is 10.2. The van der Waals surface area contributed by atoms with E-state index in [0.29, 0.717) is 36.5 Å². The van der Waals surface area contributed by atoms with Crippen molar-refractivity contribution in [3.63, 3.8) is 0 Å². The molecule has 0 saturated carbocycles. The third-order valence-electron chi connectivity index (χ3n) is 5.84. The van der Waals surface area contributed by atoms with Crippen LogP contribution in [0, 0.1) is 5.92 Å². The molecule has 170 valence electrons. The molecule has 1 fully saturated rings. The fourth-order valence-corrected chi connectivity index (χ4v) is 5.03. The number of ether oxygens (including phenoxy) is 2. The predicted octanol–water partition coefficient (Wildman–Crippen LogP) is 3.24. The molecule has 3 aromatic rings. The van der Waals surface area contributed by atoms with E-state index in [9.17, 15) is 0 Å². The van der Waals surface area contributed by atoms with E-state index in [-0.39, 0.29) is 6.10 Å². The summed E-state index contributed by atoms with van der Waals surface area (Å²) in [6, 6.07) is 1.86. The summed E-state index contributed by atoms with van der Waals surface area (Å²) in [5, 5.41) is 3.55. The lowest BCUT2D eigenvalue weighted by Crippen LogP contribution is -2.33. The zero-order chi connectivity index (χ0) is 22.5. The van der Waals surface area contributed by atoms with Gasteiger partial charge in [-0.2, -0.15) is 0 Å². The van der Waals surface area contributed by atoms with Gasteiger partial charge in [0.1, 0.15) is 11.4 Å². The fraction of sp³-hybridized carbons (Fsp3) is 0.545. The Labute approximate surface area is 189 Å². The average Bonchev–Trinajstić information content (AvgIpc) is 3.08. The average molecular weight is 456 g/mol. The number of pyridine rings is 1. The molecule has 2 aliphatic heterocycles. The third-order valence-corrected chi connectivity index (χ3v) is 7.57. The molecule has 0 radical (unpaired) electrons. The minimum Gasteiger partial charge on any atom is -0.487 e. The summed E-state index contributed by atoms with van der Waals surface area (Å²) < 4.78 is 14.0. The number of aromatic nitrogens is 5. The zero-order valence-electron chi connectivity index (χ0n) is 19.0. The van der Waals surface area contributed by atoms with Crippen molar-refractivity contribution in [3.05, 3.63) is 18.1 Å². The fourth-order valence-electron chi connectivity index (χ4n) is 4.04. The summed E-state index contributed by atoms with van der Waals surface area (Å²) in [4.78, 5) is 19.0. The van der Waals surface area contributed by atoms with Crippen LogP contribution >= 0.6 is 8.58 Å². The van der Waals surface area contributed by atoms with Crippen molar-refractivity contribution >= 4 is 31.4 Å². The molecule has 32 heavy (non-hydrogen) atoms. The number of nitrogen functional groups attached to an aromatic ring is 1. The van der Waals surface area contributed by atoms with Crippen molar-refractivity contribution in [2.24, 2.45) is 5.92 Å². The number of anilines is 2. The maximum absolute atomic E-state index is 6.03. The Morgan fingerprint density at radius 3 is 2.84 bits per heavy atom. The Morgan fingerprint density at radius 2 is 2.12 bits per heavy atom. The van der Waals surface area contributed by atoms with Crippen LogP contribution in [0.3, 0.4) is 0 Å². The second kappa shape index (κ2) is 8.12. The number of rotatable bonds is 6.